The van der Waals surface area contributed by atoms with Gasteiger partial charge in [-0.05, 0) is 36.6 Å². The van der Waals surface area contributed by atoms with Gasteiger partial charge in [-0.2, -0.15) is 4.99 Å². The first kappa shape index (κ1) is 19.3. The molecule has 2 saturated heterocycles. The molecule has 1 saturated carbocycles. The lowest BCUT2D eigenvalue weighted by atomic mass is 10.0. The van der Waals surface area contributed by atoms with Crippen LogP contribution in [0.5, 0.6) is 0 Å². The topological polar surface area (TPSA) is 66.8 Å². The number of hydrogen-bond acceptors (Lipinski definition) is 4. The van der Waals surface area contributed by atoms with E-state index in [9.17, 15) is 13.2 Å². The van der Waals surface area contributed by atoms with Crippen LogP contribution in [-0.4, -0.2) is 42.3 Å². The number of rotatable bonds is 4. The molecule has 3 fully saturated rings. The normalized spacial score (nSPS) is 28.8. The summed E-state index contributed by atoms with van der Waals surface area (Å²) >= 11 is 7.42. The fourth-order valence-corrected chi connectivity index (χ4v) is 8.31. The van der Waals surface area contributed by atoms with Crippen molar-refractivity contribution in [1.82, 2.24) is 0 Å². The van der Waals surface area contributed by atoms with Crippen molar-refractivity contribution in [3.63, 3.8) is 0 Å². The molecule has 1 aromatic carbocycles. The lowest BCUT2D eigenvalue weighted by Gasteiger charge is -2.24. The number of benzene rings is 1. The minimum Gasteiger partial charge on any atom is -0.316 e. The number of sulfone groups is 1. The summed E-state index contributed by atoms with van der Waals surface area (Å²) in [6, 6.07) is 7.08. The third-order valence-electron chi connectivity index (χ3n) is 5.63. The van der Waals surface area contributed by atoms with Crippen molar-refractivity contribution >= 4 is 50.0 Å². The van der Waals surface area contributed by atoms with Crippen molar-refractivity contribution in [3.8, 4) is 0 Å². The fraction of sp³-hybridized carbons (Fsp3) is 0.579. The second-order valence-corrected chi connectivity index (χ2v) is 11.4. The number of hydrogen-bond donors (Lipinski definition) is 0. The van der Waals surface area contributed by atoms with Crippen molar-refractivity contribution in [2.24, 2.45) is 10.9 Å². The number of thioether (sulfide) groups is 1. The molecule has 4 rings (SSSR count). The molecule has 0 N–H and O–H groups in total. The van der Waals surface area contributed by atoms with Gasteiger partial charge in [-0.25, -0.2) is 8.42 Å². The Kier molecular flexibility index (Phi) is 5.54. The summed E-state index contributed by atoms with van der Waals surface area (Å²) in [4.78, 5) is 18.8. The molecule has 0 radical (unpaired) electrons. The highest BCUT2D eigenvalue weighted by Gasteiger charge is 2.49. The highest BCUT2D eigenvalue weighted by molar-refractivity contribution is 8.16. The van der Waals surface area contributed by atoms with Gasteiger partial charge in [0.25, 0.3) is 0 Å². The minimum atomic E-state index is -3.06. The van der Waals surface area contributed by atoms with Crippen LogP contribution >= 0.6 is 23.4 Å². The van der Waals surface area contributed by atoms with E-state index < -0.39 is 9.84 Å². The Labute approximate surface area is 169 Å². The molecule has 2 aliphatic heterocycles. The van der Waals surface area contributed by atoms with Crippen LogP contribution in [-0.2, 0) is 14.6 Å². The van der Waals surface area contributed by atoms with Gasteiger partial charge in [0.15, 0.2) is 15.0 Å². The molecule has 1 amide bonds. The first-order valence-electron chi connectivity index (χ1n) is 9.45. The van der Waals surface area contributed by atoms with Gasteiger partial charge in [-0.3, -0.25) is 4.79 Å². The molecule has 146 valence electrons. The number of nitrogens with zero attached hydrogens (tertiary/aromatic N) is 2. The van der Waals surface area contributed by atoms with Gasteiger partial charge in [0.05, 0.1) is 17.5 Å². The van der Waals surface area contributed by atoms with Gasteiger partial charge in [0, 0.05) is 22.4 Å². The molecule has 3 aliphatic rings. The van der Waals surface area contributed by atoms with E-state index in [-0.39, 0.29) is 28.7 Å². The zero-order valence-electron chi connectivity index (χ0n) is 15.0. The lowest BCUT2D eigenvalue weighted by Crippen LogP contribution is -2.37. The van der Waals surface area contributed by atoms with Crippen LogP contribution < -0.4 is 4.90 Å². The van der Waals surface area contributed by atoms with Crippen molar-refractivity contribution in [3.05, 3.63) is 29.3 Å². The molecule has 1 aliphatic carbocycles. The van der Waals surface area contributed by atoms with Crippen LogP contribution in [0, 0.1) is 5.92 Å². The third-order valence-corrected chi connectivity index (χ3v) is 9.09. The number of halogens is 1. The Hall–Kier alpha value is -1.05. The molecule has 2 atom stereocenters. The number of carbonyl (C=O) groups is 1. The second-order valence-electron chi connectivity index (χ2n) is 7.62. The SMILES string of the molecule is O=C(CCC1CCCC1)N=C1S[C@H]2CS(=O)(=O)C[C@H]2N1c1ccc(Cl)cc1. The van der Waals surface area contributed by atoms with Crippen LogP contribution in [0.3, 0.4) is 0 Å². The molecule has 0 spiro atoms. The molecular formula is C19H23ClN2O3S2. The van der Waals surface area contributed by atoms with E-state index in [1.165, 1.54) is 37.4 Å². The molecule has 27 heavy (non-hydrogen) atoms. The molecule has 0 aromatic heterocycles. The lowest BCUT2D eigenvalue weighted by molar-refractivity contribution is -0.118. The number of carbonyl (C=O) groups excluding carboxylic acids is 1. The maximum Gasteiger partial charge on any atom is 0.248 e. The number of amidine groups is 1. The summed E-state index contributed by atoms with van der Waals surface area (Å²) in [7, 11) is -3.06. The van der Waals surface area contributed by atoms with Crippen LogP contribution in [0.1, 0.15) is 38.5 Å². The summed E-state index contributed by atoms with van der Waals surface area (Å²) in [5.74, 6) is 0.790. The summed E-state index contributed by atoms with van der Waals surface area (Å²) in [6.07, 6.45) is 6.35. The van der Waals surface area contributed by atoms with Gasteiger partial charge in [-0.15, -0.1) is 0 Å². The zero-order chi connectivity index (χ0) is 19.0. The van der Waals surface area contributed by atoms with Gasteiger partial charge in [0.1, 0.15) is 0 Å². The number of fused-ring (bicyclic) bond motifs is 1. The smallest absolute Gasteiger partial charge is 0.248 e. The van der Waals surface area contributed by atoms with Crippen LogP contribution in [0.4, 0.5) is 5.69 Å². The maximum atomic E-state index is 12.5. The molecule has 2 heterocycles. The molecule has 0 unspecified atom stereocenters. The van der Waals surface area contributed by atoms with Crippen LogP contribution in [0.25, 0.3) is 0 Å². The van der Waals surface area contributed by atoms with Crippen molar-refractivity contribution in [2.45, 2.75) is 49.8 Å². The Balaban J connectivity index is 1.54. The Morgan fingerprint density at radius 1 is 1.19 bits per heavy atom. The Bertz CT molecular complexity index is 848. The van der Waals surface area contributed by atoms with E-state index in [2.05, 4.69) is 4.99 Å². The van der Waals surface area contributed by atoms with E-state index in [1.54, 1.807) is 12.1 Å². The predicted molar refractivity (Wildman–Crippen MR) is 111 cm³/mol. The minimum absolute atomic E-state index is 0.0768. The van der Waals surface area contributed by atoms with E-state index in [0.717, 1.165) is 12.1 Å². The first-order chi connectivity index (χ1) is 12.9. The van der Waals surface area contributed by atoms with Crippen molar-refractivity contribution in [1.29, 1.82) is 0 Å². The number of anilines is 1. The van der Waals surface area contributed by atoms with Crippen molar-refractivity contribution in [2.75, 3.05) is 16.4 Å². The van der Waals surface area contributed by atoms with Crippen molar-refractivity contribution < 1.29 is 13.2 Å². The predicted octanol–water partition coefficient (Wildman–Crippen LogP) is 3.91. The van der Waals surface area contributed by atoms with Crippen LogP contribution in [0.15, 0.2) is 29.3 Å². The van der Waals surface area contributed by atoms with E-state index in [4.69, 9.17) is 11.6 Å². The highest BCUT2D eigenvalue weighted by atomic mass is 35.5. The molecular weight excluding hydrogens is 404 g/mol. The van der Waals surface area contributed by atoms with Gasteiger partial charge in [-0.1, -0.05) is 49.0 Å². The number of aliphatic imine (C=N–C) groups is 1. The third kappa shape index (κ3) is 4.35. The molecule has 8 heteroatoms. The summed E-state index contributed by atoms with van der Waals surface area (Å²) < 4.78 is 24.2. The molecule has 0 bridgehead atoms. The van der Waals surface area contributed by atoms with Gasteiger partial charge < -0.3 is 4.90 Å². The zero-order valence-corrected chi connectivity index (χ0v) is 17.4. The maximum absolute atomic E-state index is 12.5. The average molecular weight is 427 g/mol. The Morgan fingerprint density at radius 2 is 1.89 bits per heavy atom. The largest absolute Gasteiger partial charge is 0.316 e. The standard InChI is InChI=1S/C19H23ClN2O3S2/c20-14-6-8-15(9-7-14)22-16-11-27(24,25)12-17(16)26-19(22)21-18(23)10-5-13-3-1-2-4-13/h6-9,13,16-17H,1-5,10-12H2/t16-,17+/m1/s1. The Morgan fingerprint density at radius 3 is 2.59 bits per heavy atom. The molecule has 1 aromatic rings. The van der Waals surface area contributed by atoms with E-state index >= 15 is 0 Å². The van der Waals surface area contributed by atoms with Gasteiger partial charge in [0.2, 0.25) is 5.91 Å². The average Bonchev–Trinajstić information content (AvgIpc) is 3.29. The van der Waals surface area contributed by atoms with E-state index in [0.29, 0.717) is 22.5 Å². The monoisotopic (exact) mass is 426 g/mol. The summed E-state index contributed by atoms with van der Waals surface area (Å²) in [5, 5.41) is 1.16. The summed E-state index contributed by atoms with van der Waals surface area (Å²) in [6.45, 7) is 0. The second kappa shape index (κ2) is 7.76. The van der Waals surface area contributed by atoms with Crippen LogP contribution in [0.2, 0.25) is 5.02 Å². The molecule has 5 nitrogen and oxygen atoms in total. The quantitative estimate of drug-likeness (QED) is 0.730. The van der Waals surface area contributed by atoms with Gasteiger partial charge >= 0.3 is 0 Å². The first-order valence-corrected chi connectivity index (χ1v) is 12.5. The summed E-state index contributed by atoms with van der Waals surface area (Å²) in [5.41, 5.74) is 0.832. The number of amides is 1. The fourth-order valence-electron chi connectivity index (χ4n) is 4.26. The van der Waals surface area contributed by atoms with E-state index in [1.807, 2.05) is 17.0 Å². The highest BCUT2D eigenvalue weighted by Crippen LogP contribution is 2.41.